The summed E-state index contributed by atoms with van der Waals surface area (Å²) >= 11 is 6.08. The minimum absolute atomic E-state index is 0.000440. The third-order valence-corrected chi connectivity index (χ3v) is 8.53. The van der Waals surface area contributed by atoms with Gasteiger partial charge in [0, 0.05) is 61.6 Å². The summed E-state index contributed by atoms with van der Waals surface area (Å²) in [5.41, 5.74) is -0.664. The van der Waals surface area contributed by atoms with Gasteiger partial charge in [-0.2, -0.15) is 4.31 Å². The monoisotopic (exact) mass is 495 g/mol. The van der Waals surface area contributed by atoms with Crippen LogP contribution in [0.3, 0.4) is 0 Å². The summed E-state index contributed by atoms with van der Waals surface area (Å²) in [6.07, 6.45) is 0.764. The molecular formula is C21H26ClN5O5S. The SMILES string of the molecule is Cc1[nH]c(=O)[nH]c(=O)c1S(=O)(=O)N1CCC(C(=O)N2CCN(c3cccc(Cl)c3)CC2)CC1. The molecule has 33 heavy (non-hydrogen) atoms. The number of halogens is 1. The van der Waals surface area contributed by atoms with E-state index in [9.17, 15) is 22.8 Å². The van der Waals surface area contributed by atoms with Crippen molar-refractivity contribution in [3.63, 3.8) is 0 Å². The zero-order chi connectivity index (χ0) is 23.8. The zero-order valence-electron chi connectivity index (χ0n) is 18.2. The van der Waals surface area contributed by atoms with Gasteiger partial charge >= 0.3 is 5.69 Å². The number of piperidine rings is 1. The molecule has 1 aromatic heterocycles. The normalized spacial score (nSPS) is 18.5. The number of piperazine rings is 1. The minimum atomic E-state index is -4.08. The Labute approximate surface area is 196 Å². The fourth-order valence-electron chi connectivity index (χ4n) is 4.49. The van der Waals surface area contributed by atoms with Crippen LogP contribution in [0.5, 0.6) is 0 Å². The van der Waals surface area contributed by atoms with Crippen molar-refractivity contribution in [3.05, 3.63) is 55.8 Å². The first-order valence-electron chi connectivity index (χ1n) is 10.8. The van der Waals surface area contributed by atoms with E-state index < -0.39 is 26.2 Å². The first kappa shape index (κ1) is 23.5. The van der Waals surface area contributed by atoms with E-state index in [0.717, 1.165) is 5.69 Å². The van der Waals surface area contributed by atoms with Gasteiger partial charge in [0.25, 0.3) is 5.56 Å². The smallest absolute Gasteiger partial charge is 0.325 e. The van der Waals surface area contributed by atoms with E-state index in [1.165, 1.54) is 11.2 Å². The molecular weight excluding hydrogens is 470 g/mol. The second-order valence-electron chi connectivity index (χ2n) is 8.33. The molecule has 2 fully saturated rings. The highest BCUT2D eigenvalue weighted by Crippen LogP contribution is 2.26. The fraction of sp³-hybridized carbons (Fsp3) is 0.476. The van der Waals surface area contributed by atoms with Crippen LogP contribution in [0.1, 0.15) is 18.5 Å². The standard InChI is InChI=1S/C21H26ClN5O5S/c1-14-18(19(28)24-21(30)23-14)33(31,32)27-7-5-15(6-8-27)20(29)26-11-9-25(10-12-26)17-4-2-3-16(22)13-17/h2-4,13,15H,5-12H2,1H3,(H2,23,24,28,30). The number of aromatic amines is 2. The van der Waals surface area contributed by atoms with Crippen LogP contribution in [0.2, 0.25) is 5.02 Å². The number of carbonyl (C=O) groups is 1. The average molecular weight is 496 g/mol. The Balaban J connectivity index is 1.36. The first-order chi connectivity index (χ1) is 15.7. The molecule has 0 atom stereocenters. The molecule has 0 bridgehead atoms. The van der Waals surface area contributed by atoms with Crippen LogP contribution in [-0.2, 0) is 14.8 Å². The second kappa shape index (κ2) is 9.32. The lowest BCUT2D eigenvalue weighted by atomic mass is 9.96. The molecule has 0 unspecified atom stereocenters. The van der Waals surface area contributed by atoms with E-state index in [2.05, 4.69) is 9.88 Å². The topological polar surface area (TPSA) is 127 Å². The summed E-state index contributed by atoms with van der Waals surface area (Å²) in [7, 11) is -4.08. The number of benzene rings is 1. The van der Waals surface area contributed by atoms with Crippen LogP contribution in [0.15, 0.2) is 38.8 Å². The van der Waals surface area contributed by atoms with Gasteiger partial charge in [-0.3, -0.25) is 14.6 Å². The van der Waals surface area contributed by atoms with Crippen LogP contribution >= 0.6 is 11.6 Å². The molecule has 4 rings (SSSR count). The van der Waals surface area contributed by atoms with E-state index in [-0.39, 0.29) is 30.6 Å². The number of hydrogen-bond acceptors (Lipinski definition) is 6. The predicted octanol–water partition coefficient (Wildman–Crippen LogP) is 0.775. The van der Waals surface area contributed by atoms with Crippen molar-refractivity contribution in [2.75, 3.05) is 44.2 Å². The number of nitrogens with one attached hydrogen (secondary N) is 2. The number of sulfonamides is 1. The fourth-order valence-corrected chi connectivity index (χ4v) is 6.34. The third kappa shape index (κ3) is 4.85. The molecule has 2 N–H and O–H groups in total. The van der Waals surface area contributed by atoms with Crippen molar-refractivity contribution in [2.45, 2.75) is 24.7 Å². The predicted molar refractivity (Wildman–Crippen MR) is 124 cm³/mol. The van der Waals surface area contributed by atoms with Crippen molar-refractivity contribution < 1.29 is 13.2 Å². The van der Waals surface area contributed by atoms with Gasteiger partial charge in [-0.1, -0.05) is 17.7 Å². The number of aromatic nitrogens is 2. The summed E-state index contributed by atoms with van der Waals surface area (Å²) in [6.45, 7) is 4.24. The molecule has 3 heterocycles. The molecule has 2 saturated heterocycles. The highest BCUT2D eigenvalue weighted by molar-refractivity contribution is 7.89. The molecule has 0 spiro atoms. The maximum atomic E-state index is 13.0. The quantitative estimate of drug-likeness (QED) is 0.645. The number of carbonyl (C=O) groups excluding carboxylic acids is 1. The van der Waals surface area contributed by atoms with Crippen molar-refractivity contribution >= 4 is 33.2 Å². The summed E-state index contributed by atoms with van der Waals surface area (Å²) in [5, 5.41) is 0.673. The van der Waals surface area contributed by atoms with Gasteiger partial charge in [0.1, 0.15) is 0 Å². The van der Waals surface area contributed by atoms with Crippen LogP contribution in [0.25, 0.3) is 0 Å². The van der Waals surface area contributed by atoms with Gasteiger partial charge in [0.05, 0.1) is 0 Å². The van der Waals surface area contributed by atoms with Gasteiger partial charge in [-0.15, -0.1) is 0 Å². The Kier molecular flexibility index (Phi) is 6.64. The average Bonchev–Trinajstić information content (AvgIpc) is 2.78. The Morgan fingerprint density at radius 3 is 2.30 bits per heavy atom. The zero-order valence-corrected chi connectivity index (χ0v) is 19.8. The molecule has 1 amide bonds. The maximum absolute atomic E-state index is 13.0. The Hall–Kier alpha value is -2.63. The van der Waals surface area contributed by atoms with E-state index in [0.29, 0.717) is 44.0 Å². The molecule has 1 aromatic carbocycles. The van der Waals surface area contributed by atoms with E-state index in [1.807, 2.05) is 34.1 Å². The van der Waals surface area contributed by atoms with E-state index in [1.54, 1.807) is 0 Å². The number of rotatable bonds is 4. The first-order valence-corrected chi connectivity index (χ1v) is 12.6. The Morgan fingerprint density at radius 1 is 1.03 bits per heavy atom. The number of hydrogen-bond donors (Lipinski definition) is 2. The summed E-state index contributed by atoms with van der Waals surface area (Å²) < 4.78 is 27.2. The molecule has 178 valence electrons. The number of nitrogens with zero attached hydrogens (tertiary/aromatic N) is 3. The molecule has 0 aliphatic carbocycles. The molecule has 12 heteroatoms. The lowest BCUT2D eigenvalue weighted by Gasteiger charge is -2.39. The van der Waals surface area contributed by atoms with Crippen molar-refractivity contribution in [1.29, 1.82) is 0 Å². The molecule has 0 radical (unpaired) electrons. The van der Waals surface area contributed by atoms with Gasteiger partial charge < -0.3 is 14.8 Å². The summed E-state index contributed by atoms with van der Waals surface area (Å²) in [6, 6.07) is 7.63. The minimum Gasteiger partial charge on any atom is -0.368 e. The third-order valence-electron chi connectivity index (χ3n) is 6.24. The lowest BCUT2D eigenvalue weighted by Crippen LogP contribution is -2.52. The molecule has 2 aliphatic heterocycles. The molecule has 2 aromatic rings. The molecule has 0 saturated carbocycles. The van der Waals surface area contributed by atoms with E-state index >= 15 is 0 Å². The Bertz CT molecular complexity index is 1260. The van der Waals surface area contributed by atoms with Gasteiger partial charge in [-0.05, 0) is 38.0 Å². The van der Waals surface area contributed by atoms with Crippen molar-refractivity contribution in [3.8, 4) is 0 Å². The van der Waals surface area contributed by atoms with Crippen LogP contribution in [-0.4, -0.2) is 72.8 Å². The summed E-state index contributed by atoms with van der Waals surface area (Å²) in [5.74, 6) is -0.222. The number of amides is 1. The summed E-state index contributed by atoms with van der Waals surface area (Å²) in [4.78, 5) is 44.4. The van der Waals surface area contributed by atoms with Gasteiger partial charge in [0.15, 0.2) is 4.90 Å². The second-order valence-corrected chi connectivity index (χ2v) is 10.6. The number of anilines is 1. The van der Waals surface area contributed by atoms with Gasteiger partial charge in [0.2, 0.25) is 15.9 Å². The van der Waals surface area contributed by atoms with Crippen LogP contribution < -0.4 is 16.1 Å². The Morgan fingerprint density at radius 2 is 1.70 bits per heavy atom. The maximum Gasteiger partial charge on any atom is 0.325 e. The highest BCUT2D eigenvalue weighted by Gasteiger charge is 2.36. The molecule has 10 nitrogen and oxygen atoms in total. The van der Waals surface area contributed by atoms with Crippen molar-refractivity contribution in [1.82, 2.24) is 19.2 Å². The molecule has 2 aliphatic rings. The van der Waals surface area contributed by atoms with E-state index in [4.69, 9.17) is 11.6 Å². The van der Waals surface area contributed by atoms with Gasteiger partial charge in [-0.25, -0.2) is 13.2 Å². The van der Waals surface area contributed by atoms with Crippen LogP contribution in [0, 0.1) is 12.8 Å². The van der Waals surface area contributed by atoms with Crippen LogP contribution in [0.4, 0.5) is 5.69 Å². The number of aryl methyl sites for hydroxylation is 1. The largest absolute Gasteiger partial charge is 0.368 e. The highest BCUT2D eigenvalue weighted by atomic mass is 35.5. The van der Waals surface area contributed by atoms with Crippen molar-refractivity contribution in [2.24, 2.45) is 5.92 Å². The number of H-pyrrole nitrogens is 2. The lowest BCUT2D eigenvalue weighted by molar-refractivity contribution is -0.137.